The topological polar surface area (TPSA) is 35.5 Å². The van der Waals surface area contributed by atoms with Crippen LogP contribution in [0, 0.1) is 0 Å². The molecule has 1 fully saturated rings. The molecule has 0 amide bonds. The minimum atomic E-state index is -0.0629. The molecule has 1 aliphatic heterocycles. The second-order valence-corrected chi connectivity index (χ2v) is 5.26. The number of esters is 1. The molecule has 0 aromatic rings. The fraction of sp³-hybridized carbons (Fsp3) is 0.923. The van der Waals surface area contributed by atoms with Crippen LogP contribution < -0.4 is 0 Å². The van der Waals surface area contributed by atoms with E-state index in [9.17, 15) is 4.79 Å². The largest absolute Gasteiger partial charge is 0.466 e. The summed E-state index contributed by atoms with van der Waals surface area (Å²) in [5.74, 6) is -0.0629. The number of hydrogen-bond donors (Lipinski definition) is 0. The Morgan fingerprint density at radius 3 is 2.75 bits per heavy atom. The van der Waals surface area contributed by atoms with Crippen LogP contribution in [0.2, 0.25) is 0 Å². The van der Waals surface area contributed by atoms with E-state index >= 15 is 0 Å². The number of carbonyl (C=O) groups is 1. The van der Waals surface area contributed by atoms with E-state index in [-0.39, 0.29) is 17.7 Å². The molecule has 0 N–H and O–H groups in total. The zero-order valence-corrected chi connectivity index (χ0v) is 10.8. The zero-order chi connectivity index (χ0) is 12.0. The average Bonchev–Trinajstić information content (AvgIpc) is 2.14. The highest BCUT2D eigenvalue weighted by Gasteiger charge is 2.21. The van der Waals surface area contributed by atoms with E-state index in [2.05, 4.69) is 13.8 Å². The maximum atomic E-state index is 11.3. The van der Waals surface area contributed by atoms with Gasteiger partial charge in [0.05, 0.1) is 18.3 Å². The highest BCUT2D eigenvalue weighted by atomic mass is 16.5. The van der Waals surface area contributed by atoms with Gasteiger partial charge in [0.15, 0.2) is 0 Å². The summed E-state index contributed by atoms with van der Waals surface area (Å²) in [7, 11) is 0. The van der Waals surface area contributed by atoms with Crippen molar-refractivity contribution in [3.63, 3.8) is 0 Å². The van der Waals surface area contributed by atoms with Gasteiger partial charge in [-0.05, 0) is 33.6 Å². The van der Waals surface area contributed by atoms with Crippen LogP contribution in [0.1, 0.15) is 59.3 Å². The molecule has 0 radical (unpaired) electrons. The summed E-state index contributed by atoms with van der Waals surface area (Å²) in [5.41, 5.74) is -0.0530. The molecule has 0 saturated carbocycles. The van der Waals surface area contributed by atoms with Crippen molar-refractivity contribution >= 4 is 5.97 Å². The lowest BCUT2D eigenvalue weighted by Gasteiger charge is -2.29. The van der Waals surface area contributed by atoms with Gasteiger partial charge in [-0.1, -0.05) is 12.8 Å². The van der Waals surface area contributed by atoms with Crippen molar-refractivity contribution in [2.24, 2.45) is 0 Å². The van der Waals surface area contributed by atoms with Gasteiger partial charge in [0, 0.05) is 12.8 Å². The molecule has 1 heterocycles. The first-order chi connectivity index (χ1) is 7.49. The summed E-state index contributed by atoms with van der Waals surface area (Å²) in [6.45, 7) is 6.81. The quantitative estimate of drug-likeness (QED) is 0.598. The molecular weight excluding hydrogens is 204 g/mol. The number of hydrogen-bond acceptors (Lipinski definition) is 3. The van der Waals surface area contributed by atoms with Gasteiger partial charge in [0.2, 0.25) is 0 Å². The molecule has 0 aliphatic carbocycles. The van der Waals surface area contributed by atoms with Crippen molar-refractivity contribution < 1.29 is 14.3 Å². The average molecular weight is 228 g/mol. The molecule has 0 bridgehead atoms. The van der Waals surface area contributed by atoms with Gasteiger partial charge >= 0.3 is 5.97 Å². The standard InChI is InChI=1S/C13H24O3/c1-11-8-10-15-12(14)7-5-4-6-9-13(2,3)16-11/h11H,4-10H2,1-3H3. The normalized spacial score (nSPS) is 28.7. The maximum absolute atomic E-state index is 11.3. The Morgan fingerprint density at radius 1 is 1.25 bits per heavy atom. The van der Waals surface area contributed by atoms with Gasteiger partial charge in [-0.3, -0.25) is 4.79 Å². The van der Waals surface area contributed by atoms with Crippen molar-refractivity contribution in [2.45, 2.75) is 71.0 Å². The van der Waals surface area contributed by atoms with Gasteiger partial charge in [0.1, 0.15) is 0 Å². The molecule has 16 heavy (non-hydrogen) atoms. The van der Waals surface area contributed by atoms with Crippen LogP contribution in [0.5, 0.6) is 0 Å². The molecule has 0 aromatic heterocycles. The van der Waals surface area contributed by atoms with Gasteiger partial charge in [-0.25, -0.2) is 0 Å². The van der Waals surface area contributed by atoms with Crippen LogP contribution in [0.3, 0.4) is 0 Å². The summed E-state index contributed by atoms with van der Waals surface area (Å²) in [4.78, 5) is 11.3. The number of rotatable bonds is 0. The van der Waals surface area contributed by atoms with E-state index in [0.717, 1.165) is 32.1 Å². The van der Waals surface area contributed by atoms with E-state index in [1.54, 1.807) is 0 Å². The van der Waals surface area contributed by atoms with E-state index in [4.69, 9.17) is 9.47 Å². The first-order valence-corrected chi connectivity index (χ1v) is 6.33. The Bertz CT molecular complexity index is 223. The molecule has 3 heteroatoms. The first kappa shape index (κ1) is 13.5. The van der Waals surface area contributed by atoms with Gasteiger partial charge < -0.3 is 9.47 Å². The van der Waals surface area contributed by atoms with Crippen LogP contribution in [-0.4, -0.2) is 24.3 Å². The van der Waals surface area contributed by atoms with E-state index in [1.165, 1.54) is 0 Å². The zero-order valence-electron chi connectivity index (χ0n) is 10.8. The van der Waals surface area contributed by atoms with E-state index < -0.39 is 0 Å². The van der Waals surface area contributed by atoms with E-state index in [0.29, 0.717) is 13.0 Å². The second-order valence-electron chi connectivity index (χ2n) is 5.26. The highest BCUT2D eigenvalue weighted by Crippen LogP contribution is 2.22. The fourth-order valence-corrected chi connectivity index (χ4v) is 2.07. The second kappa shape index (κ2) is 6.24. The summed E-state index contributed by atoms with van der Waals surface area (Å²) in [6, 6.07) is 0. The van der Waals surface area contributed by atoms with Gasteiger partial charge in [0.25, 0.3) is 0 Å². The summed E-state index contributed by atoms with van der Waals surface area (Å²) >= 11 is 0. The van der Waals surface area contributed by atoms with E-state index in [1.807, 2.05) is 6.92 Å². The molecule has 1 aliphatic rings. The Kier molecular flexibility index (Phi) is 5.26. The smallest absolute Gasteiger partial charge is 0.305 e. The monoisotopic (exact) mass is 228 g/mol. The summed E-state index contributed by atoms with van der Waals surface area (Å²) in [5, 5.41) is 0. The van der Waals surface area contributed by atoms with Crippen molar-refractivity contribution in [3.05, 3.63) is 0 Å². The van der Waals surface area contributed by atoms with Crippen LogP contribution in [0.25, 0.3) is 0 Å². The Hall–Kier alpha value is -0.570. The summed E-state index contributed by atoms with van der Waals surface area (Å²) < 4.78 is 11.1. The first-order valence-electron chi connectivity index (χ1n) is 6.33. The predicted molar refractivity (Wildman–Crippen MR) is 63.3 cm³/mol. The predicted octanol–water partition coefficient (Wildman–Crippen LogP) is 3.07. The molecule has 94 valence electrons. The lowest BCUT2D eigenvalue weighted by atomic mass is 9.99. The van der Waals surface area contributed by atoms with Crippen molar-refractivity contribution in [1.82, 2.24) is 0 Å². The molecule has 0 spiro atoms. The summed E-state index contributed by atoms with van der Waals surface area (Å²) in [6.07, 6.45) is 5.70. The highest BCUT2D eigenvalue weighted by molar-refractivity contribution is 5.69. The molecule has 1 saturated heterocycles. The lowest BCUT2D eigenvalue weighted by molar-refractivity contribution is -0.146. The minimum Gasteiger partial charge on any atom is -0.466 e. The van der Waals surface area contributed by atoms with Crippen LogP contribution in [0.15, 0.2) is 0 Å². The van der Waals surface area contributed by atoms with Crippen LogP contribution in [-0.2, 0) is 14.3 Å². The molecule has 1 unspecified atom stereocenters. The molecule has 1 rings (SSSR count). The van der Waals surface area contributed by atoms with Crippen molar-refractivity contribution in [2.75, 3.05) is 6.61 Å². The Balaban J connectivity index is 2.45. The maximum Gasteiger partial charge on any atom is 0.305 e. The lowest BCUT2D eigenvalue weighted by Crippen LogP contribution is -2.30. The number of cyclic esters (lactones) is 1. The van der Waals surface area contributed by atoms with Gasteiger partial charge in [-0.2, -0.15) is 0 Å². The van der Waals surface area contributed by atoms with Crippen molar-refractivity contribution in [1.29, 1.82) is 0 Å². The van der Waals surface area contributed by atoms with Crippen LogP contribution >= 0.6 is 0 Å². The molecule has 3 nitrogen and oxygen atoms in total. The van der Waals surface area contributed by atoms with Crippen molar-refractivity contribution in [3.8, 4) is 0 Å². The fourth-order valence-electron chi connectivity index (χ4n) is 2.07. The molecule has 0 aromatic carbocycles. The number of carbonyl (C=O) groups excluding carboxylic acids is 1. The third-order valence-electron chi connectivity index (χ3n) is 2.97. The SMILES string of the molecule is CC1CCOC(=O)CCCCCC(C)(C)O1. The minimum absolute atomic E-state index is 0.0530. The number of ether oxygens (including phenoxy) is 2. The Labute approximate surface area is 98.5 Å². The molecular formula is C13H24O3. The third kappa shape index (κ3) is 5.50. The molecule has 1 atom stereocenters. The Morgan fingerprint density at radius 2 is 2.00 bits per heavy atom. The third-order valence-corrected chi connectivity index (χ3v) is 2.97. The van der Waals surface area contributed by atoms with Gasteiger partial charge in [-0.15, -0.1) is 0 Å². The van der Waals surface area contributed by atoms with Crippen LogP contribution in [0.4, 0.5) is 0 Å².